The Morgan fingerprint density at radius 1 is 1.25 bits per heavy atom. The van der Waals surface area contributed by atoms with Gasteiger partial charge >= 0.3 is 0 Å². The first kappa shape index (κ1) is 11.1. The summed E-state index contributed by atoms with van der Waals surface area (Å²) in [6.45, 7) is 0. The Kier molecular flexibility index (Phi) is 3.51. The van der Waals surface area contributed by atoms with E-state index in [1.807, 2.05) is 0 Å². The molecule has 86 valence electrons. The molecule has 0 aromatic heterocycles. The molecule has 1 N–H and O–H groups in total. The highest BCUT2D eigenvalue weighted by Crippen LogP contribution is 2.19. The Balaban J connectivity index is 1.85. The normalized spacial score (nSPS) is 16.3. The number of benzene rings is 1. The van der Waals surface area contributed by atoms with Crippen LogP contribution < -0.4 is 5.48 Å². The summed E-state index contributed by atoms with van der Waals surface area (Å²) >= 11 is 0. The molecule has 1 amide bonds. The van der Waals surface area contributed by atoms with Gasteiger partial charge in [-0.15, -0.1) is 0 Å². The molecular weight excluding hydrogens is 209 g/mol. The lowest BCUT2D eigenvalue weighted by atomic mass is 10.2. The second-order valence-corrected chi connectivity index (χ2v) is 3.96. The van der Waals surface area contributed by atoms with Crippen molar-refractivity contribution in [2.24, 2.45) is 0 Å². The van der Waals surface area contributed by atoms with Gasteiger partial charge in [0.2, 0.25) is 0 Å². The molecule has 0 atom stereocenters. The SMILES string of the molecule is O=C(NOC1CCCC1)c1ccc(F)cc1. The van der Waals surface area contributed by atoms with E-state index < -0.39 is 0 Å². The van der Waals surface area contributed by atoms with Crippen LogP contribution in [0.25, 0.3) is 0 Å². The Hall–Kier alpha value is -1.42. The molecule has 1 saturated carbocycles. The zero-order chi connectivity index (χ0) is 11.4. The molecule has 1 aliphatic carbocycles. The third kappa shape index (κ3) is 2.79. The number of hydroxylamine groups is 1. The van der Waals surface area contributed by atoms with E-state index in [0.717, 1.165) is 25.7 Å². The molecular formula is C12H14FNO2. The lowest BCUT2D eigenvalue weighted by Gasteiger charge is -2.11. The summed E-state index contributed by atoms with van der Waals surface area (Å²) in [5.74, 6) is -0.680. The van der Waals surface area contributed by atoms with Gasteiger partial charge in [-0.1, -0.05) is 12.8 Å². The van der Waals surface area contributed by atoms with Crippen molar-refractivity contribution in [1.29, 1.82) is 0 Å². The van der Waals surface area contributed by atoms with Crippen molar-refractivity contribution in [3.63, 3.8) is 0 Å². The van der Waals surface area contributed by atoms with Crippen molar-refractivity contribution < 1.29 is 14.0 Å². The maximum atomic E-state index is 12.6. The Morgan fingerprint density at radius 3 is 2.50 bits per heavy atom. The van der Waals surface area contributed by atoms with Gasteiger partial charge in [-0.3, -0.25) is 9.63 Å². The third-order valence-electron chi connectivity index (χ3n) is 2.73. The molecule has 0 aliphatic heterocycles. The van der Waals surface area contributed by atoms with Gasteiger partial charge in [0.25, 0.3) is 5.91 Å². The number of hydrogen-bond acceptors (Lipinski definition) is 2. The lowest BCUT2D eigenvalue weighted by Crippen LogP contribution is -2.28. The van der Waals surface area contributed by atoms with E-state index in [2.05, 4.69) is 5.48 Å². The van der Waals surface area contributed by atoms with Gasteiger partial charge in [0.05, 0.1) is 6.10 Å². The fourth-order valence-corrected chi connectivity index (χ4v) is 1.80. The van der Waals surface area contributed by atoms with Crippen LogP contribution >= 0.6 is 0 Å². The van der Waals surface area contributed by atoms with Crippen LogP contribution in [0.4, 0.5) is 4.39 Å². The maximum absolute atomic E-state index is 12.6. The summed E-state index contributed by atoms with van der Waals surface area (Å²) in [5, 5.41) is 0. The molecule has 0 unspecified atom stereocenters. The molecule has 1 fully saturated rings. The number of carbonyl (C=O) groups is 1. The van der Waals surface area contributed by atoms with Gasteiger partial charge in [0.15, 0.2) is 0 Å². The van der Waals surface area contributed by atoms with Crippen LogP contribution in [0, 0.1) is 5.82 Å². The molecule has 1 aromatic rings. The first-order valence-corrected chi connectivity index (χ1v) is 5.47. The van der Waals surface area contributed by atoms with E-state index in [1.165, 1.54) is 24.3 Å². The van der Waals surface area contributed by atoms with Gasteiger partial charge in [-0.05, 0) is 37.1 Å². The van der Waals surface area contributed by atoms with E-state index in [-0.39, 0.29) is 17.8 Å². The van der Waals surface area contributed by atoms with Gasteiger partial charge < -0.3 is 0 Å². The number of amides is 1. The van der Waals surface area contributed by atoms with E-state index in [1.54, 1.807) is 0 Å². The smallest absolute Gasteiger partial charge is 0.270 e. The third-order valence-corrected chi connectivity index (χ3v) is 2.73. The van der Waals surface area contributed by atoms with Crippen molar-refractivity contribution >= 4 is 5.91 Å². The maximum Gasteiger partial charge on any atom is 0.274 e. The van der Waals surface area contributed by atoms with Crippen LogP contribution in [0.15, 0.2) is 24.3 Å². The summed E-state index contributed by atoms with van der Waals surface area (Å²) in [5.41, 5.74) is 2.80. The van der Waals surface area contributed by atoms with Crippen molar-refractivity contribution in [3.05, 3.63) is 35.6 Å². The van der Waals surface area contributed by atoms with E-state index in [0.29, 0.717) is 5.56 Å². The minimum atomic E-state index is -0.353. The van der Waals surface area contributed by atoms with Gasteiger partial charge in [0, 0.05) is 5.56 Å². The molecule has 0 radical (unpaired) electrons. The zero-order valence-electron chi connectivity index (χ0n) is 8.91. The van der Waals surface area contributed by atoms with Gasteiger partial charge in [0.1, 0.15) is 5.82 Å². The summed E-state index contributed by atoms with van der Waals surface area (Å²) in [7, 11) is 0. The fourth-order valence-electron chi connectivity index (χ4n) is 1.80. The molecule has 0 heterocycles. The summed E-state index contributed by atoms with van der Waals surface area (Å²) in [6.07, 6.45) is 4.41. The van der Waals surface area contributed by atoms with Crippen molar-refractivity contribution in [1.82, 2.24) is 5.48 Å². The van der Waals surface area contributed by atoms with Crippen LogP contribution in [0.3, 0.4) is 0 Å². The van der Waals surface area contributed by atoms with Gasteiger partial charge in [-0.25, -0.2) is 9.87 Å². The molecule has 0 saturated heterocycles. The average molecular weight is 223 g/mol. The van der Waals surface area contributed by atoms with Crippen LogP contribution in [0.1, 0.15) is 36.0 Å². The standard InChI is InChI=1S/C12H14FNO2/c13-10-7-5-9(6-8-10)12(15)14-16-11-3-1-2-4-11/h5-8,11H,1-4H2,(H,14,15). The highest BCUT2D eigenvalue weighted by molar-refractivity contribution is 5.93. The van der Waals surface area contributed by atoms with E-state index >= 15 is 0 Å². The van der Waals surface area contributed by atoms with E-state index in [9.17, 15) is 9.18 Å². The average Bonchev–Trinajstić information content (AvgIpc) is 2.80. The predicted molar refractivity (Wildman–Crippen MR) is 57.2 cm³/mol. The molecule has 4 heteroatoms. The monoisotopic (exact) mass is 223 g/mol. The Morgan fingerprint density at radius 2 is 1.88 bits per heavy atom. The summed E-state index contributed by atoms with van der Waals surface area (Å²) in [6, 6.07) is 5.38. The highest BCUT2D eigenvalue weighted by Gasteiger charge is 2.17. The predicted octanol–water partition coefficient (Wildman–Crippen LogP) is 2.43. The number of hydrogen-bond donors (Lipinski definition) is 1. The summed E-state index contributed by atoms with van der Waals surface area (Å²) < 4.78 is 12.6. The number of carbonyl (C=O) groups excluding carboxylic acids is 1. The zero-order valence-corrected chi connectivity index (χ0v) is 8.91. The lowest BCUT2D eigenvalue weighted by molar-refractivity contribution is -0.0124. The fraction of sp³-hybridized carbons (Fsp3) is 0.417. The Labute approximate surface area is 93.6 Å². The highest BCUT2D eigenvalue weighted by atomic mass is 19.1. The summed E-state index contributed by atoms with van der Waals surface area (Å²) in [4.78, 5) is 16.8. The minimum Gasteiger partial charge on any atom is -0.270 e. The topological polar surface area (TPSA) is 38.3 Å². The van der Waals surface area contributed by atoms with Crippen LogP contribution in [0.2, 0.25) is 0 Å². The Bertz CT molecular complexity index is 358. The number of halogens is 1. The number of rotatable bonds is 3. The van der Waals surface area contributed by atoms with Crippen LogP contribution in [0.5, 0.6) is 0 Å². The van der Waals surface area contributed by atoms with E-state index in [4.69, 9.17) is 4.84 Å². The van der Waals surface area contributed by atoms with Crippen molar-refractivity contribution in [2.75, 3.05) is 0 Å². The van der Waals surface area contributed by atoms with Crippen molar-refractivity contribution in [2.45, 2.75) is 31.8 Å². The molecule has 1 aliphatic rings. The molecule has 0 spiro atoms. The largest absolute Gasteiger partial charge is 0.274 e. The number of nitrogens with one attached hydrogen (secondary N) is 1. The molecule has 3 nitrogen and oxygen atoms in total. The molecule has 1 aromatic carbocycles. The molecule has 0 bridgehead atoms. The molecule has 2 rings (SSSR count). The second kappa shape index (κ2) is 5.07. The van der Waals surface area contributed by atoms with Crippen molar-refractivity contribution in [3.8, 4) is 0 Å². The molecule has 16 heavy (non-hydrogen) atoms. The van der Waals surface area contributed by atoms with Gasteiger partial charge in [-0.2, -0.15) is 0 Å². The van der Waals surface area contributed by atoms with Crippen LogP contribution in [-0.2, 0) is 4.84 Å². The first-order chi connectivity index (χ1) is 7.75. The van der Waals surface area contributed by atoms with Crippen LogP contribution in [-0.4, -0.2) is 12.0 Å². The quantitative estimate of drug-likeness (QED) is 0.799. The first-order valence-electron chi connectivity index (χ1n) is 5.47. The second-order valence-electron chi connectivity index (χ2n) is 3.96. The minimum absolute atomic E-state index is 0.129.